The third-order valence-corrected chi connectivity index (χ3v) is 3.72. The van der Waals surface area contributed by atoms with Gasteiger partial charge < -0.3 is 15.0 Å². The molecular formula is C19H16N2O4. The standard InChI is InChI=1S/C19H16N2O4/c1-12(22)13-6-2-5-9-17(13)21-18(23)11-25-19(24)15-10-20-16-8-4-3-7-14(15)16/h2-10,20H,11H2,1H3,(H,21,23). The zero-order chi connectivity index (χ0) is 17.8. The molecule has 6 nitrogen and oxygen atoms in total. The summed E-state index contributed by atoms with van der Waals surface area (Å²) in [4.78, 5) is 38.7. The topological polar surface area (TPSA) is 88.3 Å². The first-order valence-corrected chi connectivity index (χ1v) is 7.69. The number of hydrogen-bond acceptors (Lipinski definition) is 4. The van der Waals surface area contributed by atoms with Crippen molar-refractivity contribution in [3.63, 3.8) is 0 Å². The summed E-state index contributed by atoms with van der Waals surface area (Å²) >= 11 is 0. The van der Waals surface area contributed by atoms with Crippen LogP contribution >= 0.6 is 0 Å². The number of amides is 1. The fourth-order valence-electron chi connectivity index (χ4n) is 2.53. The van der Waals surface area contributed by atoms with Crippen LogP contribution in [0.4, 0.5) is 5.69 Å². The van der Waals surface area contributed by atoms with Gasteiger partial charge in [-0.25, -0.2) is 4.79 Å². The van der Waals surface area contributed by atoms with Crippen LogP contribution < -0.4 is 5.32 Å². The number of Topliss-reactive ketones (excluding diaryl/α,β-unsaturated/α-hetero) is 1. The van der Waals surface area contributed by atoms with Crippen LogP contribution in [0.25, 0.3) is 10.9 Å². The summed E-state index contributed by atoms with van der Waals surface area (Å²) in [6, 6.07) is 14.0. The van der Waals surface area contributed by atoms with E-state index in [4.69, 9.17) is 4.74 Å². The van der Waals surface area contributed by atoms with Crippen LogP contribution in [0.1, 0.15) is 27.6 Å². The van der Waals surface area contributed by atoms with E-state index < -0.39 is 18.5 Å². The number of aromatic nitrogens is 1. The number of esters is 1. The Morgan fingerprint density at radius 2 is 1.72 bits per heavy atom. The Morgan fingerprint density at radius 3 is 2.52 bits per heavy atom. The summed E-state index contributed by atoms with van der Waals surface area (Å²) in [7, 11) is 0. The third kappa shape index (κ3) is 3.58. The zero-order valence-corrected chi connectivity index (χ0v) is 13.5. The van der Waals surface area contributed by atoms with Crippen molar-refractivity contribution in [2.45, 2.75) is 6.92 Å². The van der Waals surface area contributed by atoms with Gasteiger partial charge in [0, 0.05) is 22.7 Å². The average Bonchev–Trinajstić information content (AvgIpc) is 3.04. The van der Waals surface area contributed by atoms with Crippen molar-refractivity contribution in [2.24, 2.45) is 0 Å². The van der Waals surface area contributed by atoms with E-state index in [0.717, 1.165) is 10.9 Å². The Kier molecular flexibility index (Phi) is 4.61. The molecule has 0 aliphatic heterocycles. The number of hydrogen-bond donors (Lipinski definition) is 2. The fourth-order valence-corrected chi connectivity index (χ4v) is 2.53. The van der Waals surface area contributed by atoms with Gasteiger partial charge in [0.1, 0.15) is 0 Å². The molecule has 0 fully saturated rings. The number of benzene rings is 2. The van der Waals surface area contributed by atoms with E-state index >= 15 is 0 Å². The molecule has 0 spiro atoms. The number of fused-ring (bicyclic) bond motifs is 1. The minimum Gasteiger partial charge on any atom is -0.452 e. The highest BCUT2D eigenvalue weighted by molar-refractivity contribution is 6.06. The molecule has 0 saturated carbocycles. The van der Waals surface area contributed by atoms with Gasteiger partial charge in [0.2, 0.25) is 0 Å². The summed E-state index contributed by atoms with van der Waals surface area (Å²) < 4.78 is 5.07. The number of anilines is 1. The molecule has 0 aliphatic rings. The molecule has 0 aliphatic carbocycles. The fraction of sp³-hybridized carbons (Fsp3) is 0.105. The van der Waals surface area contributed by atoms with Gasteiger partial charge in [-0.1, -0.05) is 30.3 Å². The smallest absolute Gasteiger partial charge is 0.340 e. The molecule has 0 atom stereocenters. The summed E-state index contributed by atoms with van der Waals surface area (Å²) in [5, 5.41) is 3.32. The first-order valence-electron chi connectivity index (χ1n) is 7.69. The van der Waals surface area contributed by atoms with E-state index in [1.807, 2.05) is 18.2 Å². The second-order valence-electron chi connectivity index (χ2n) is 5.47. The second kappa shape index (κ2) is 7.00. The maximum Gasteiger partial charge on any atom is 0.340 e. The van der Waals surface area contributed by atoms with Gasteiger partial charge in [-0.2, -0.15) is 0 Å². The van der Waals surface area contributed by atoms with Crippen LogP contribution in [-0.2, 0) is 9.53 Å². The van der Waals surface area contributed by atoms with Crippen molar-refractivity contribution in [3.05, 3.63) is 65.9 Å². The lowest BCUT2D eigenvalue weighted by molar-refractivity contribution is -0.119. The lowest BCUT2D eigenvalue weighted by atomic mass is 10.1. The van der Waals surface area contributed by atoms with Crippen LogP contribution in [0, 0.1) is 0 Å². The summed E-state index contributed by atoms with van der Waals surface area (Å²) in [5.41, 5.74) is 1.98. The van der Waals surface area contributed by atoms with Crippen molar-refractivity contribution < 1.29 is 19.1 Å². The van der Waals surface area contributed by atoms with Crippen molar-refractivity contribution in [1.29, 1.82) is 0 Å². The van der Waals surface area contributed by atoms with Gasteiger partial charge in [-0.3, -0.25) is 9.59 Å². The molecule has 2 N–H and O–H groups in total. The molecule has 0 saturated heterocycles. The van der Waals surface area contributed by atoms with E-state index in [1.165, 1.54) is 6.92 Å². The van der Waals surface area contributed by atoms with E-state index in [0.29, 0.717) is 16.8 Å². The Labute approximate surface area is 143 Å². The second-order valence-corrected chi connectivity index (χ2v) is 5.47. The first-order chi connectivity index (χ1) is 12.1. The Balaban J connectivity index is 1.65. The Hall–Kier alpha value is -3.41. The monoisotopic (exact) mass is 336 g/mol. The van der Waals surface area contributed by atoms with E-state index in [2.05, 4.69) is 10.3 Å². The van der Waals surface area contributed by atoms with Gasteiger partial charge >= 0.3 is 5.97 Å². The minimum atomic E-state index is -0.590. The Bertz CT molecular complexity index is 959. The molecule has 1 heterocycles. The number of carbonyl (C=O) groups excluding carboxylic acids is 3. The Morgan fingerprint density at radius 1 is 1.00 bits per heavy atom. The lowest BCUT2D eigenvalue weighted by Crippen LogP contribution is -2.21. The number of H-pyrrole nitrogens is 1. The number of carbonyl (C=O) groups is 3. The number of aromatic amines is 1. The van der Waals surface area contributed by atoms with E-state index in [-0.39, 0.29) is 5.78 Å². The number of rotatable bonds is 5. The highest BCUT2D eigenvalue weighted by atomic mass is 16.5. The molecular weight excluding hydrogens is 320 g/mol. The molecule has 3 rings (SSSR count). The SMILES string of the molecule is CC(=O)c1ccccc1NC(=O)COC(=O)c1c[nH]c2ccccc12. The average molecular weight is 336 g/mol. The van der Waals surface area contributed by atoms with Crippen LogP contribution in [0.15, 0.2) is 54.7 Å². The van der Waals surface area contributed by atoms with Crippen LogP contribution in [0.3, 0.4) is 0 Å². The predicted octanol–water partition coefficient (Wildman–Crippen LogP) is 3.17. The van der Waals surface area contributed by atoms with Gasteiger partial charge in [0.05, 0.1) is 11.3 Å². The zero-order valence-electron chi connectivity index (χ0n) is 13.5. The van der Waals surface area contributed by atoms with E-state index in [9.17, 15) is 14.4 Å². The highest BCUT2D eigenvalue weighted by Gasteiger charge is 2.15. The third-order valence-electron chi connectivity index (χ3n) is 3.72. The molecule has 0 radical (unpaired) electrons. The summed E-state index contributed by atoms with van der Waals surface area (Å²) in [5.74, 6) is -1.26. The van der Waals surface area contributed by atoms with Crippen LogP contribution in [-0.4, -0.2) is 29.3 Å². The molecule has 25 heavy (non-hydrogen) atoms. The van der Waals surface area contributed by atoms with Crippen molar-refractivity contribution in [3.8, 4) is 0 Å². The molecule has 126 valence electrons. The van der Waals surface area contributed by atoms with Crippen molar-refractivity contribution >= 4 is 34.3 Å². The largest absolute Gasteiger partial charge is 0.452 e. The molecule has 2 aromatic carbocycles. The lowest BCUT2D eigenvalue weighted by Gasteiger charge is -2.09. The van der Waals surface area contributed by atoms with Gasteiger partial charge in [0.15, 0.2) is 12.4 Å². The number of ether oxygens (including phenoxy) is 1. The quantitative estimate of drug-likeness (QED) is 0.553. The molecule has 0 unspecified atom stereocenters. The first kappa shape index (κ1) is 16.4. The number of nitrogens with one attached hydrogen (secondary N) is 2. The summed E-state index contributed by atoms with van der Waals surface area (Å²) in [6.45, 7) is 0.979. The maximum absolute atomic E-state index is 12.2. The van der Waals surface area contributed by atoms with Gasteiger partial charge in [0.25, 0.3) is 5.91 Å². The highest BCUT2D eigenvalue weighted by Crippen LogP contribution is 2.19. The minimum absolute atomic E-state index is 0.160. The number of ketones is 1. The molecule has 0 bridgehead atoms. The molecule has 1 aromatic heterocycles. The normalized spacial score (nSPS) is 10.4. The predicted molar refractivity (Wildman–Crippen MR) is 93.7 cm³/mol. The van der Waals surface area contributed by atoms with Gasteiger partial charge in [-0.15, -0.1) is 0 Å². The molecule has 6 heteroatoms. The van der Waals surface area contributed by atoms with E-state index in [1.54, 1.807) is 36.5 Å². The molecule has 3 aromatic rings. The summed E-state index contributed by atoms with van der Waals surface area (Å²) in [6.07, 6.45) is 1.55. The van der Waals surface area contributed by atoms with Crippen molar-refractivity contribution in [1.82, 2.24) is 4.98 Å². The van der Waals surface area contributed by atoms with Gasteiger partial charge in [-0.05, 0) is 25.1 Å². The number of para-hydroxylation sites is 2. The molecule has 1 amide bonds. The van der Waals surface area contributed by atoms with Crippen molar-refractivity contribution in [2.75, 3.05) is 11.9 Å². The maximum atomic E-state index is 12.2. The van der Waals surface area contributed by atoms with Crippen LogP contribution in [0.5, 0.6) is 0 Å². The van der Waals surface area contributed by atoms with Crippen LogP contribution in [0.2, 0.25) is 0 Å².